The first kappa shape index (κ1) is 22.5. The lowest BCUT2D eigenvalue weighted by atomic mass is 10.2. The van der Waals surface area contributed by atoms with Crippen LogP contribution in [0.5, 0.6) is 0 Å². The van der Waals surface area contributed by atoms with Crippen LogP contribution in [0.15, 0.2) is 57.5 Å². The molecule has 1 aliphatic heterocycles. The summed E-state index contributed by atoms with van der Waals surface area (Å²) >= 11 is 6.69. The first-order chi connectivity index (χ1) is 14.4. The minimum Gasteiger partial charge on any atom is -0.347 e. The number of anilines is 1. The summed E-state index contributed by atoms with van der Waals surface area (Å²) in [5.74, 6) is -1.33. The number of nitrogens with one attached hydrogen (secondary N) is 2. The average Bonchev–Trinajstić information content (AvgIpc) is 2.76. The standard InChI is InChI=1S/C21H22Br2N4O3/c22-16-3-1-15(2-4-16)21(30)27-13-11-26(12-14-27)10-9-24-19(28)20(29)25-18-7-5-17(23)6-8-18/h1-8H,9-14H2,(H,24,28)(H,25,29). The second-order valence-corrected chi connectivity index (χ2v) is 8.69. The molecular weight excluding hydrogens is 516 g/mol. The topological polar surface area (TPSA) is 81.8 Å². The molecule has 1 aliphatic rings. The van der Waals surface area contributed by atoms with Crippen molar-refractivity contribution < 1.29 is 14.4 Å². The number of carbonyl (C=O) groups is 3. The zero-order valence-corrected chi connectivity index (χ0v) is 19.4. The molecule has 0 spiro atoms. The molecule has 30 heavy (non-hydrogen) atoms. The summed E-state index contributed by atoms with van der Waals surface area (Å²) in [7, 11) is 0. The molecule has 1 saturated heterocycles. The number of benzene rings is 2. The predicted molar refractivity (Wildman–Crippen MR) is 122 cm³/mol. The maximum absolute atomic E-state index is 12.6. The molecule has 0 atom stereocenters. The van der Waals surface area contributed by atoms with Crippen molar-refractivity contribution in [3.63, 3.8) is 0 Å². The highest BCUT2D eigenvalue weighted by atomic mass is 79.9. The van der Waals surface area contributed by atoms with Crippen LogP contribution in [-0.2, 0) is 9.59 Å². The first-order valence-corrected chi connectivity index (χ1v) is 11.1. The highest BCUT2D eigenvalue weighted by Gasteiger charge is 2.22. The lowest BCUT2D eigenvalue weighted by Crippen LogP contribution is -2.50. The lowest BCUT2D eigenvalue weighted by Gasteiger charge is -2.34. The minimum absolute atomic E-state index is 0.0278. The summed E-state index contributed by atoms with van der Waals surface area (Å²) < 4.78 is 1.83. The van der Waals surface area contributed by atoms with Crippen LogP contribution in [0.3, 0.4) is 0 Å². The van der Waals surface area contributed by atoms with Crippen LogP contribution in [-0.4, -0.2) is 66.8 Å². The zero-order chi connectivity index (χ0) is 21.5. The summed E-state index contributed by atoms with van der Waals surface area (Å²) in [5.41, 5.74) is 1.24. The second-order valence-electron chi connectivity index (χ2n) is 6.86. The molecule has 2 aromatic carbocycles. The Kier molecular flexibility index (Phi) is 8.01. The van der Waals surface area contributed by atoms with Gasteiger partial charge in [0.2, 0.25) is 0 Å². The van der Waals surface area contributed by atoms with Crippen LogP contribution in [0.4, 0.5) is 5.69 Å². The minimum atomic E-state index is -0.692. The Bertz CT molecular complexity index is 895. The van der Waals surface area contributed by atoms with Crippen LogP contribution >= 0.6 is 31.9 Å². The number of piperazine rings is 1. The van der Waals surface area contributed by atoms with Crippen LogP contribution in [0.25, 0.3) is 0 Å². The molecule has 0 saturated carbocycles. The second kappa shape index (κ2) is 10.7. The molecule has 7 nitrogen and oxygen atoms in total. The van der Waals surface area contributed by atoms with Gasteiger partial charge in [0.05, 0.1) is 0 Å². The van der Waals surface area contributed by atoms with E-state index in [1.165, 1.54) is 0 Å². The van der Waals surface area contributed by atoms with Gasteiger partial charge >= 0.3 is 11.8 Å². The maximum Gasteiger partial charge on any atom is 0.313 e. The number of halogens is 2. The Morgan fingerprint density at radius 1 is 0.800 bits per heavy atom. The number of hydrogen-bond donors (Lipinski definition) is 2. The molecule has 3 amide bonds. The fraction of sp³-hybridized carbons (Fsp3) is 0.286. The molecule has 2 aromatic rings. The average molecular weight is 538 g/mol. The van der Waals surface area contributed by atoms with E-state index in [-0.39, 0.29) is 5.91 Å². The zero-order valence-electron chi connectivity index (χ0n) is 16.2. The fourth-order valence-corrected chi connectivity index (χ4v) is 3.61. The van der Waals surface area contributed by atoms with Gasteiger partial charge in [0.25, 0.3) is 5.91 Å². The van der Waals surface area contributed by atoms with Crippen molar-refractivity contribution in [3.05, 3.63) is 63.0 Å². The third kappa shape index (κ3) is 6.38. The number of hydrogen-bond acceptors (Lipinski definition) is 4. The quantitative estimate of drug-likeness (QED) is 0.575. The third-order valence-electron chi connectivity index (χ3n) is 4.77. The van der Waals surface area contributed by atoms with E-state index in [1.54, 1.807) is 24.3 Å². The number of amides is 3. The fourth-order valence-electron chi connectivity index (χ4n) is 3.08. The monoisotopic (exact) mass is 536 g/mol. The molecule has 0 unspecified atom stereocenters. The Morgan fingerprint density at radius 2 is 1.37 bits per heavy atom. The molecule has 0 aromatic heterocycles. The van der Waals surface area contributed by atoms with Crippen molar-refractivity contribution in [1.82, 2.24) is 15.1 Å². The van der Waals surface area contributed by atoms with Crippen molar-refractivity contribution in [2.24, 2.45) is 0 Å². The van der Waals surface area contributed by atoms with E-state index in [0.29, 0.717) is 37.4 Å². The largest absolute Gasteiger partial charge is 0.347 e. The molecule has 0 aliphatic carbocycles. The van der Waals surface area contributed by atoms with Gasteiger partial charge in [-0.2, -0.15) is 0 Å². The van der Waals surface area contributed by atoms with Gasteiger partial charge in [-0.25, -0.2) is 0 Å². The van der Waals surface area contributed by atoms with E-state index >= 15 is 0 Å². The third-order valence-corrected chi connectivity index (χ3v) is 5.83. The van der Waals surface area contributed by atoms with E-state index < -0.39 is 11.8 Å². The molecular formula is C21H22Br2N4O3. The van der Waals surface area contributed by atoms with E-state index in [0.717, 1.165) is 22.0 Å². The van der Waals surface area contributed by atoms with Crippen LogP contribution in [0.1, 0.15) is 10.4 Å². The van der Waals surface area contributed by atoms with Gasteiger partial charge in [-0.05, 0) is 48.5 Å². The van der Waals surface area contributed by atoms with Gasteiger partial charge in [-0.3, -0.25) is 19.3 Å². The summed E-state index contributed by atoms with van der Waals surface area (Å²) in [4.78, 5) is 40.5. The van der Waals surface area contributed by atoms with E-state index in [2.05, 4.69) is 47.4 Å². The molecule has 1 fully saturated rings. The number of rotatable bonds is 5. The Morgan fingerprint density at radius 3 is 1.97 bits per heavy atom. The van der Waals surface area contributed by atoms with Gasteiger partial charge in [-0.15, -0.1) is 0 Å². The van der Waals surface area contributed by atoms with Crippen molar-refractivity contribution in [1.29, 1.82) is 0 Å². The molecule has 1 heterocycles. The van der Waals surface area contributed by atoms with Crippen molar-refractivity contribution in [2.45, 2.75) is 0 Å². The normalized spacial score (nSPS) is 14.3. The highest BCUT2D eigenvalue weighted by molar-refractivity contribution is 9.10. The SMILES string of the molecule is O=C(NCCN1CCN(C(=O)c2ccc(Br)cc2)CC1)C(=O)Nc1ccc(Br)cc1. The molecule has 9 heteroatoms. The molecule has 0 radical (unpaired) electrons. The molecule has 3 rings (SSSR count). The highest BCUT2D eigenvalue weighted by Crippen LogP contribution is 2.14. The smallest absolute Gasteiger partial charge is 0.313 e. The van der Waals surface area contributed by atoms with Crippen molar-refractivity contribution in [2.75, 3.05) is 44.6 Å². The lowest BCUT2D eigenvalue weighted by molar-refractivity contribution is -0.136. The van der Waals surface area contributed by atoms with E-state index in [9.17, 15) is 14.4 Å². The molecule has 158 valence electrons. The Hall–Kier alpha value is -2.23. The predicted octanol–water partition coefficient (Wildman–Crippen LogP) is 2.72. The number of nitrogens with zero attached hydrogens (tertiary/aromatic N) is 2. The molecule has 0 bridgehead atoms. The molecule has 2 N–H and O–H groups in total. The first-order valence-electron chi connectivity index (χ1n) is 9.54. The summed E-state index contributed by atoms with van der Waals surface area (Å²) in [5, 5.41) is 5.20. The summed E-state index contributed by atoms with van der Waals surface area (Å²) in [6.07, 6.45) is 0. The Labute approximate surface area is 192 Å². The van der Waals surface area contributed by atoms with Crippen molar-refractivity contribution >= 4 is 55.3 Å². The van der Waals surface area contributed by atoms with Gasteiger partial charge in [0.1, 0.15) is 0 Å². The van der Waals surface area contributed by atoms with Gasteiger partial charge in [-0.1, -0.05) is 31.9 Å². The van der Waals surface area contributed by atoms with E-state index in [4.69, 9.17) is 0 Å². The van der Waals surface area contributed by atoms with Gasteiger partial charge < -0.3 is 15.5 Å². The van der Waals surface area contributed by atoms with Crippen LogP contribution in [0.2, 0.25) is 0 Å². The van der Waals surface area contributed by atoms with Crippen LogP contribution < -0.4 is 10.6 Å². The van der Waals surface area contributed by atoms with Gasteiger partial charge in [0.15, 0.2) is 0 Å². The Balaban J connectivity index is 1.36. The van der Waals surface area contributed by atoms with Crippen LogP contribution in [0, 0.1) is 0 Å². The number of carbonyl (C=O) groups excluding carboxylic acids is 3. The van der Waals surface area contributed by atoms with Gasteiger partial charge in [0, 0.05) is 59.5 Å². The van der Waals surface area contributed by atoms with E-state index in [1.807, 2.05) is 29.2 Å². The maximum atomic E-state index is 12.6. The van der Waals surface area contributed by atoms with Crippen molar-refractivity contribution in [3.8, 4) is 0 Å². The summed E-state index contributed by atoms with van der Waals surface area (Å²) in [6.45, 7) is 3.71. The summed E-state index contributed by atoms with van der Waals surface area (Å²) in [6, 6.07) is 14.3.